The molecular formula is C23H33N5O3S. The number of nitrogens with zero attached hydrogens (tertiary/aromatic N) is 3. The number of hydrogen-bond donors (Lipinski definition) is 3. The molecule has 1 aromatic rings. The summed E-state index contributed by atoms with van der Waals surface area (Å²) in [6, 6.07) is 0.270. The second-order valence-corrected chi connectivity index (χ2v) is 9.34. The molecule has 0 saturated carbocycles. The molecule has 32 heavy (non-hydrogen) atoms. The Morgan fingerprint density at radius 3 is 2.66 bits per heavy atom. The van der Waals surface area contributed by atoms with Crippen LogP contribution in [0.15, 0.2) is 28.4 Å². The van der Waals surface area contributed by atoms with Gasteiger partial charge >= 0.3 is 0 Å². The number of carbonyl (C=O) groups excluding carboxylic acids is 2. The molecule has 0 radical (unpaired) electrons. The molecule has 2 atom stereocenters. The quantitative estimate of drug-likeness (QED) is 0.212. The Bertz CT molecular complexity index is 911. The predicted molar refractivity (Wildman–Crippen MR) is 128 cm³/mol. The number of hydrogen-bond acceptors (Lipinski definition) is 8. The van der Waals surface area contributed by atoms with Gasteiger partial charge in [-0.1, -0.05) is 39.3 Å². The van der Waals surface area contributed by atoms with Gasteiger partial charge in [0, 0.05) is 43.1 Å². The average Bonchev–Trinajstić information content (AvgIpc) is 3.03. The molecule has 1 aromatic heterocycles. The lowest BCUT2D eigenvalue weighted by Gasteiger charge is -2.38. The first-order chi connectivity index (χ1) is 15.3. The Balaban J connectivity index is 1.83. The van der Waals surface area contributed by atoms with Crippen LogP contribution >= 0.6 is 11.8 Å². The molecule has 2 unspecified atom stereocenters. The average molecular weight is 460 g/mol. The van der Waals surface area contributed by atoms with Crippen LogP contribution in [0.4, 0.5) is 11.6 Å². The molecule has 1 saturated heterocycles. The minimum absolute atomic E-state index is 0.167. The highest BCUT2D eigenvalue weighted by molar-refractivity contribution is 8.02. The fourth-order valence-corrected chi connectivity index (χ4v) is 4.73. The molecule has 3 rings (SSSR count). The molecule has 174 valence electrons. The fraction of sp³-hybridized carbons (Fsp3) is 0.565. The number of amides is 1. The number of β-amino-alcohol motifs (C(OH)–C–C–N with tert-alkyl or cyclic N) is 1. The van der Waals surface area contributed by atoms with E-state index in [0.717, 1.165) is 48.2 Å². The monoisotopic (exact) mass is 459 g/mol. The van der Waals surface area contributed by atoms with Crippen molar-refractivity contribution < 1.29 is 14.7 Å². The zero-order chi connectivity index (χ0) is 23.3. The summed E-state index contributed by atoms with van der Waals surface area (Å²) >= 11 is 1.16. The van der Waals surface area contributed by atoms with Crippen molar-refractivity contribution in [2.24, 2.45) is 0 Å². The SMILES string of the molecule is CCCC=CCC(=O)NC(=CC(C)=O)Sc1nc2c(c(N3CC(O)C3)n1)C(C)C(CC)N2. The third kappa shape index (κ3) is 5.89. The normalized spacial score (nSPS) is 20.8. The van der Waals surface area contributed by atoms with Crippen molar-refractivity contribution in [2.45, 2.75) is 76.6 Å². The second kappa shape index (κ2) is 11.0. The highest BCUT2D eigenvalue weighted by Gasteiger charge is 2.37. The Morgan fingerprint density at radius 2 is 2.03 bits per heavy atom. The number of anilines is 2. The van der Waals surface area contributed by atoms with E-state index in [1.165, 1.54) is 13.0 Å². The number of allylic oxidation sites excluding steroid dienone is 2. The van der Waals surface area contributed by atoms with Crippen LogP contribution in [0.1, 0.15) is 64.9 Å². The van der Waals surface area contributed by atoms with Crippen molar-refractivity contribution in [1.29, 1.82) is 0 Å². The number of aromatic nitrogens is 2. The summed E-state index contributed by atoms with van der Waals surface area (Å²) in [6.07, 6.45) is 8.03. The molecule has 0 aliphatic carbocycles. The van der Waals surface area contributed by atoms with Gasteiger partial charge in [-0.2, -0.15) is 0 Å². The van der Waals surface area contributed by atoms with Crippen molar-refractivity contribution in [3.63, 3.8) is 0 Å². The number of unbranched alkanes of at least 4 members (excludes halogenated alkanes) is 1. The highest BCUT2D eigenvalue weighted by Crippen LogP contribution is 2.43. The number of aliphatic hydroxyl groups is 1. The molecular weight excluding hydrogens is 426 g/mol. The largest absolute Gasteiger partial charge is 0.389 e. The minimum Gasteiger partial charge on any atom is -0.389 e. The van der Waals surface area contributed by atoms with Gasteiger partial charge in [0.15, 0.2) is 10.9 Å². The number of carbonyl (C=O) groups is 2. The standard InChI is InChI=1S/C23H33N5O3S/c1-5-7-8-9-10-18(31)25-19(11-14(3)29)32-23-26-21-20(15(4)17(6-2)24-21)22(27-23)28-12-16(30)13-28/h8-9,11,15-17,30H,5-7,10,12-13H2,1-4H3,(H,25,31)(H,24,26,27). The third-order valence-corrected chi connectivity index (χ3v) is 6.42. The van der Waals surface area contributed by atoms with Gasteiger partial charge in [0.25, 0.3) is 0 Å². The lowest BCUT2D eigenvalue weighted by Crippen LogP contribution is -2.51. The molecule has 3 N–H and O–H groups in total. The Labute approximate surface area is 194 Å². The Kier molecular flexibility index (Phi) is 8.31. The smallest absolute Gasteiger partial charge is 0.228 e. The molecule has 2 aliphatic rings. The summed E-state index contributed by atoms with van der Waals surface area (Å²) in [5.74, 6) is 1.49. The fourth-order valence-electron chi connectivity index (χ4n) is 3.88. The van der Waals surface area contributed by atoms with E-state index in [-0.39, 0.29) is 36.2 Å². The van der Waals surface area contributed by atoms with Gasteiger partial charge in [-0.25, -0.2) is 9.97 Å². The lowest BCUT2D eigenvalue weighted by molar-refractivity contribution is -0.119. The zero-order valence-electron chi connectivity index (χ0n) is 19.2. The van der Waals surface area contributed by atoms with Crippen LogP contribution in [-0.2, 0) is 9.59 Å². The van der Waals surface area contributed by atoms with Crippen LogP contribution in [-0.4, -0.2) is 52.0 Å². The van der Waals surface area contributed by atoms with Crippen LogP contribution in [0.3, 0.4) is 0 Å². The van der Waals surface area contributed by atoms with Crippen LogP contribution in [0.2, 0.25) is 0 Å². The van der Waals surface area contributed by atoms with Crippen molar-refractivity contribution in [3.8, 4) is 0 Å². The number of aliphatic hydroxyl groups excluding tert-OH is 1. The number of nitrogens with one attached hydrogen (secondary N) is 2. The predicted octanol–water partition coefficient (Wildman–Crippen LogP) is 3.35. The van der Waals surface area contributed by atoms with Gasteiger partial charge in [0.2, 0.25) is 5.91 Å². The molecule has 0 spiro atoms. The van der Waals surface area contributed by atoms with Gasteiger partial charge in [-0.15, -0.1) is 0 Å². The summed E-state index contributed by atoms with van der Waals surface area (Å²) in [4.78, 5) is 35.6. The van der Waals surface area contributed by atoms with E-state index in [2.05, 4.69) is 36.3 Å². The van der Waals surface area contributed by atoms with Crippen LogP contribution in [0.25, 0.3) is 0 Å². The van der Waals surface area contributed by atoms with Crippen molar-refractivity contribution in [3.05, 3.63) is 28.8 Å². The van der Waals surface area contributed by atoms with Crippen molar-refractivity contribution in [2.75, 3.05) is 23.3 Å². The van der Waals surface area contributed by atoms with Crippen LogP contribution in [0, 0.1) is 0 Å². The molecule has 3 heterocycles. The van der Waals surface area contributed by atoms with E-state index in [4.69, 9.17) is 9.97 Å². The number of thioether (sulfide) groups is 1. The zero-order valence-corrected chi connectivity index (χ0v) is 20.0. The van der Waals surface area contributed by atoms with Gasteiger partial charge in [-0.3, -0.25) is 9.59 Å². The summed E-state index contributed by atoms with van der Waals surface area (Å²) in [6.45, 7) is 8.89. The summed E-state index contributed by atoms with van der Waals surface area (Å²) in [7, 11) is 0. The first-order valence-corrected chi connectivity index (χ1v) is 12.1. The molecule has 1 fully saturated rings. The molecule has 1 amide bonds. The first kappa shape index (κ1) is 24.3. The molecule has 9 heteroatoms. The Hall–Kier alpha value is -2.39. The number of fused-ring (bicyclic) bond motifs is 1. The van der Waals surface area contributed by atoms with Gasteiger partial charge < -0.3 is 20.6 Å². The van der Waals surface area contributed by atoms with Crippen molar-refractivity contribution >= 4 is 35.1 Å². The van der Waals surface area contributed by atoms with Crippen LogP contribution < -0.4 is 15.5 Å². The maximum Gasteiger partial charge on any atom is 0.228 e. The number of ketones is 1. The van der Waals surface area contributed by atoms with E-state index in [1.54, 1.807) is 0 Å². The maximum absolute atomic E-state index is 12.4. The van der Waals surface area contributed by atoms with Gasteiger partial charge in [-0.05, 0) is 31.5 Å². The van der Waals surface area contributed by atoms with Gasteiger partial charge in [0.05, 0.1) is 11.1 Å². The molecule has 8 nitrogen and oxygen atoms in total. The number of rotatable bonds is 10. The van der Waals surface area contributed by atoms with Crippen molar-refractivity contribution in [1.82, 2.24) is 15.3 Å². The van der Waals surface area contributed by atoms with E-state index in [1.807, 2.05) is 12.2 Å². The van der Waals surface area contributed by atoms with E-state index < -0.39 is 0 Å². The lowest BCUT2D eigenvalue weighted by atomic mass is 9.95. The van der Waals surface area contributed by atoms with E-state index >= 15 is 0 Å². The van der Waals surface area contributed by atoms with E-state index in [9.17, 15) is 14.7 Å². The third-order valence-electron chi connectivity index (χ3n) is 5.61. The van der Waals surface area contributed by atoms with E-state index in [0.29, 0.717) is 23.3 Å². The van der Waals surface area contributed by atoms with Gasteiger partial charge in [0.1, 0.15) is 11.6 Å². The molecule has 2 aliphatic heterocycles. The summed E-state index contributed by atoms with van der Waals surface area (Å²) in [5.41, 5.74) is 1.07. The molecule has 0 bridgehead atoms. The highest BCUT2D eigenvalue weighted by atomic mass is 32.2. The Morgan fingerprint density at radius 1 is 1.28 bits per heavy atom. The maximum atomic E-state index is 12.4. The summed E-state index contributed by atoms with van der Waals surface area (Å²) < 4.78 is 0. The topological polar surface area (TPSA) is 107 Å². The second-order valence-electron chi connectivity index (χ2n) is 8.33. The first-order valence-electron chi connectivity index (χ1n) is 11.3. The minimum atomic E-state index is -0.350. The van der Waals surface area contributed by atoms with Crippen LogP contribution in [0.5, 0.6) is 0 Å². The molecule has 0 aromatic carbocycles. The summed E-state index contributed by atoms with van der Waals surface area (Å²) in [5, 5.41) is 17.0.